The Morgan fingerprint density at radius 1 is 1.41 bits per heavy atom. The summed E-state index contributed by atoms with van der Waals surface area (Å²) in [6, 6.07) is 3.87. The van der Waals surface area contributed by atoms with Gasteiger partial charge in [0.1, 0.15) is 5.82 Å². The fraction of sp³-hybridized carbons (Fsp3) is 0.538. The van der Waals surface area contributed by atoms with E-state index in [9.17, 15) is 4.79 Å². The SMILES string of the molecule is Cc1cc(C)nc(NC(=O)CNCC2CC2)c1. The first-order valence-electron chi connectivity index (χ1n) is 6.09. The van der Waals surface area contributed by atoms with E-state index in [1.807, 2.05) is 26.0 Å². The zero-order valence-electron chi connectivity index (χ0n) is 10.4. The molecule has 1 aromatic heterocycles. The summed E-state index contributed by atoms with van der Waals surface area (Å²) in [6.45, 7) is 5.24. The number of nitrogens with zero attached hydrogens (tertiary/aromatic N) is 1. The fourth-order valence-electron chi connectivity index (χ4n) is 1.80. The molecule has 17 heavy (non-hydrogen) atoms. The van der Waals surface area contributed by atoms with Gasteiger partial charge in [-0.15, -0.1) is 0 Å². The van der Waals surface area contributed by atoms with E-state index in [1.165, 1.54) is 12.8 Å². The molecule has 92 valence electrons. The minimum absolute atomic E-state index is 0.0249. The van der Waals surface area contributed by atoms with Crippen molar-refractivity contribution in [2.75, 3.05) is 18.4 Å². The van der Waals surface area contributed by atoms with Crippen LogP contribution in [0.2, 0.25) is 0 Å². The molecule has 1 aromatic rings. The molecule has 0 bridgehead atoms. The van der Waals surface area contributed by atoms with Gasteiger partial charge >= 0.3 is 0 Å². The highest BCUT2D eigenvalue weighted by Crippen LogP contribution is 2.27. The lowest BCUT2D eigenvalue weighted by Gasteiger charge is -2.07. The number of pyridine rings is 1. The van der Waals surface area contributed by atoms with Gasteiger partial charge in [0, 0.05) is 5.69 Å². The maximum Gasteiger partial charge on any atom is 0.239 e. The van der Waals surface area contributed by atoms with Crippen molar-refractivity contribution in [2.45, 2.75) is 26.7 Å². The van der Waals surface area contributed by atoms with Gasteiger partial charge in [0.2, 0.25) is 5.91 Å². The number of amides is 1. The maximum absolute atomic E-state index is 11.6. The van der Waals surface area contributed by atoms with E-state index in [1.54, 1.807) is 0 Å². The Kier molecular flexibility index (Phi) is 3.74. The molecule has 0 radical (unpaired) electrons. The lowest BCUT2D eigenvalue weighted by atomic mass is 10.2. The zero-order valence-corrected chi connectivity index (χ0v) is 10.4. The van der Waals surface area contributed by atoms with E-state index in [0.717, 1.165) is 23.7 Å². The third-order valence-corrected chi connectivity index (χ3v) is 2.78. The van der Waals surface area contributed by atoms with Gasteiger partial charge in [0.05, 0.1) is 6.54 Å². The smallest absolute Gasteiger partial charge is 0.239 e. The Balaban J connectivity index is 1.79. The molecule has 0 aromatic carbocycles. The summed E-state index contributed by atoms with van der Waals surface area (Å²) in [5, 5.41) is 5.96. The minimum Gasteiger partial charge on any atom is -0.310 e. The predicted molar refractivity (Wildman–Crippen MR) is 67.9 cm³/mol. The molecule has 1 fully saturated rings. The first-order valence-corrected chi connectivity index (χ1v) is 6.09. The van der Waals surface area contributed by atoms with Crippen molar-refractivity contribution in [2.24, 2.45) is 5.92 Å². The van der Waals surface area contributed by atoms with Crippen LogP contribution in [0.5, 0.6) is 0 Å². The van der Waals surface area contributed by atoms with Gasteiger partial charge in [-0.1, -0.05) is 0 Å². The van der Waals surface area contributed by atoms with E-state index in [4.69, 9.17) is 0 Å². The number of aromatic nitrogens is 1. The lowest BCUT2D eigenvalue weighted by Crippen LogP contribution is -2.29. The minimum atomic E-state index is -0.0249. The van der Waals surface area contributed by atoms with Crippen LogP contribution >= 0.6 is 0 Å². The molecule has 1 saturated carbocycles. The Bertz CT molecular complexity index is 393. The van der Waals surface area contributed by atoms with Crippen molar-refractivity contribution >= 4 is 11.7 Å². The predicted octanol–water partition coefficient (Wildman–Crippen LogP) is 1.64. The Hall–Kier alpha value is -1.42. The molecule has 0 aliphatic heterocycles. The van der Waals surface area contributed by atoms with Crippen LogP contribution in [0.4, 0.5) is 5.82 Å². The molecule has 4 nitrogen and oxygen atoms in total. The first kappa shape index (κ1) is 12.0. The van der Waals surface area contributed by atoms with Gasteiger partial charge in [-0.3, -0.25) is 4.79 Å². The van der Waals surface area contributed by atoms with E-state index in [2.05, 4.69) is 15.6 Å². The normalized spacial score (nSPS) is 14.7. The number of hydrogen-bond donors (Lipinski definition) is 2. The Morgan fingerprint density at radius 3 is 2.82 bits per heavy atom. The number of carbonyl (C=O) groups excluding carboxylic acids is 1. The molecule has 1 aliphatic rings. The number of nitrogens with one attached hydrogen (secondary N) is 2. The largest absolute Gasteiger partial charge is 0.310 e. The number of aryl methyl sites for hydroxylation is 2. The second kappa shape index (κ2) is 5.27. The molecule has 2 N–H and O–H groups in total. The number of carbonyl (C=O) groups is 1. The summed E-state index contributed by atoms with van der Waals surface area (Å²) < 4.78 is 0. The Labute approximate surface area is 102 Å². The number of rotatable bonds is 5. The molecule has 1 aliphatic carbocycles. The Morgan fingerprint density at radius 2 is 2.18 bits per heavy atom. The summed E-state index contributed by atoms with van der Waals surface area (Å²) in [5.41, 5.74) is 2.03. The standard InChI is InChI=1S/C13H19N3O/c1-9-5-10(2)15-12(6-9)16-13(17)8-14-7-11-3-4-11/h5-6,11,14H,3-4,7-8H2,1-2H3,(H,15,16,17). The summed E-state index contributed by atoms with van der Waals surface area (Å²) in [7, 11) is 0. The quantitative estimate of drug-likeness (QED) is 0.813. The molecule has 2 rings (SSSR count). The van der Waals surface area contributed by atoms with Gasteiger partial charge in [0.15, 0.2) is 0 Å². The molecule has 1 amide bonds. The number of anilines is 1. The van der Waals surface area contributed by atoms with Crippen LogP contribution in [0, 0.1) is 19.8 Å². The molecule has 0 unspecified atom stereocenters. The summed E-state index contributed by atoms with van der Waals surface area (Å²) >= 11 is 0. The third kappa shape index (κ3) is 4.15. The zero-order chi connectivity index (χ0) is 12.3. The molecule has 1 heterocycles. The molecule has 0 atom stereocenters. The van der Waals surface area contributed by atoms with Crippen LogP contribution in [0.1, 0.15) is 24.1 Å². The van der Waals surface area contributed by atoms with Crippen molar-refractivity contribution in [1.82, 2.24) is 10.3 Å². The average Bonchev–Trinajstić information content (AvgIpc) is 2.99. The van der Waals surface area contributed by atoms with Crippen LogP contribution in [0.15, 0.2) is 12.1 Å². The highest BCUT2D eigenvalue weighted by Gasteiger charge is 2.20. The van der Waals surface area contributed by atoms with Crippen molar-refractivity contribution in [3.8, 4) is 0 Å². The molecular weight excluding hydrogens is 214 g/mol. The van der Waals surface area contributed by atoms with E-state index < -0.39 is 0 Å². The molecule has 4 heteroatoms. The van der Waals surface area contributed by atoms with Crippen LogP contribution in [-0.2, 0) is 4.79 Å². The van der Waals surface area contributed by atoms with Gasteiger partial charge in [-0.2, -0.15) is 0 Å². The van der Waals surface area contributed by atoms with Gasteiger partial charge in [0.25, 0.3) is 0 Å². The van der Waals surface area contributed by atoms with Crippen molar-refractivity contribution in [1.29, 1.82) is 0 Å². The summed E-state index contributed by atoms with van der Waals surface area (Å²) in [6.07, 6.45) is 2.60. The summed E-state index contributed by atoms with van der Waals surface area (Å²) in [5.74, 6) is 1.41. The average molecular weight is 233 g/mol. The highest BCUT2D eigenvalue weighted by molar-refractivity contribution is 5.91. The first-order chi connectivity index (χ1) is 8.13. The second-order valence-electron chi connectivity index (χ2n) is 4.79. The van der Waals surface area contributed by atoms with Crippen LogP contribution in [0.3, 0.4) is 0 Å². The lowest BCUT2D eigenvalue weighted by molar-refractivity contribution is -0.115. The monoisotopic (exact) mass is 233 g/mol. The van der Waals surface area contributed by atoms with Gasteiger partial charge in [-0.05, 0) is 56.8 Å². The topological polar surface area (TPSA) is 54.0 Å². The van der Waals surface area contributed by atoms with E-state index in [-0.39, 0.29) is 5.91 Å². The molecule has 0 spiro atoms. The van der Waals surface area contributed by atoms with Gasteiger partial charge in [-0.25, -0.2) is 4.98 Å². The third-order valence-electron chi connectivity index (χ3n) is 2.78. The van der Waals surface area contributed by atoms with Crippen LogP contribution in [-0.4, -0.2) is 24.0 Å². The van der Waals surface area contributed by atoms with Crippen molar-refractivity contribution in [3.63, 3.8) is 0 Å². The van der Waals surface area contributed by atoms with Crippen LogP contribution < -0.4 is 10.6 Å². The molecular formula is C13H19N3O. The van der Waals surface area contributed by atoms with Crippen molar-refractivity contribution in [3.05, 3.63) is 23.4 Å². The number of hydrogen-bond acceptors (Lipinski definition) is 3. The highest BCUT2D eigenvalue weighted by atomic mass is 16.1. The van der Waals surface area contributed by atoms with E-state index in [0.29, 0.717) is 12.4 Å². The second-order valence-corrected chi connectivity index (χ2v) is 4.79. The summed E-state index contributed by atoms with van der Waals surface area (Å²) in [4.78, 5) is 15.9. The van der Waals surface area contributed by atoms with Crippen LogP contribution in [0.25, 0.3) is 0 Å². The van der Waals surface area contributed by atoms with Crippen molar-refractivity contribution < 1.29 is 4.79 Å². The van der Waals surface area contributed by atoms with Gasteiger partial charge < -0.3 is 10.6 Å². The maximum atomic E-state index is 11.6. The van der Waals surface area contributed by atoms with E-state index >= 15 is 0 Å². The fourth-order valence-corrected chi connectivity index (χ4v) is 1.80. The molecule has 0 saturated heterocycles.